The number of esters is 2. The molecule has 248 valence electrons. The third kappa shape index (κ3) is 10.1. The van der Waals surface area contributed by atoms with Crippen molar-refractivity contribution in [1.82, 2.24) is 10.6 Å². The van der Waals surface area contributed by atoms with Gasteiger partial charge in [-0.3, -0.25) is 9.59 Å². The molecule has 2 amide bonds. The minimum Gasteiger partial charge on any atom is -0.623 e. The SMILES string of the molecule is COC(=O)[C@H](Cc1ccccc1)NC(=O)/C(Cc1ccccc1)=[N+](\[O-])[C@@H](Cc1ccccc1)C(=O)N[C@@H](Cc1ccccc1)C(=O)OC. The minimum absolute atomic E-state index is 0.0780. The lowest BCUT2D eigenvalue weighted by Gasteiger charge is -2.23. The summed E-state index contributed by atoms with van der Waals surface area (Å²) in [4.78, 5) is 53.6. The van der Waals surface area contributed by atoms with Gasteiger partial charge < -0.3 is 25.3 Å². The quantitative estimate of drug-likeness (QED) is 0.0661. The second kappa shape index (κ2) is 17.8. The van der Waals surface area contributed by atoms with Gasteiger partial charge in [-0.05, 0) is 22.3 Å². The van der Waals surface area contributed by atoms with Gasteiger partial charge in [-0.1, -0.05) is 121 Å². The molecule has 2 N–H and O–H groups in total. The highest BCUT2D eigenvalue weighted by atomic mass is 16.5. The number of benzene rings is 4. The molecule has 48 heavy (non-hydrogen) atoms. The van der Waals surface area contributed by atoms with E-state index in [9.17, 15) is 24.4 Å². The maximum absolute atomic E-state index is 14.4. The van der Waals surface area contributed by atoms with E-state index in [0.717, 1.165) is 11.1 Å². The maximum atomic E-state index is 14.4. The lowest BCUT2D eigenvalue weighted by Crippen LogP contribution is -2.53. The Kier molecular flexibility index (Phi) is 13.0. The molecule has 4 aromatic carbocycles. The van der Waals surface area contributed by atoms with Gasteiger partial charge in [0.2, 0.25) is 6.04 Å². The highest BCUT2D eigenvalue weighted by Gasteiger charge is 2.36. The molecular formula is C38H39N3O7. The monoisotopic (exact) mass is 649 g/mol. The molecule has 3 atom stereocenters. The fourth-order valence-electron chi connectivity index (χ4n) is 5.24. The van der Waals surface area contributed by atoms with Gasteiger partial charge in [0.1, 0.15) is 12.1 Å². The van der Waals surface area contributed by atoms with E-state index >= 15 is 0 Å². The lowest BCUT2D eigenvalue weighted by molar-refractivity contribution is -0.486. The third-order valence-corrected chi connectivity index (χ3v) is 7.76. The van der Waals surface area contributed by atoms with Gasteiger partial charge in [0.05, 0.1) is 20.6 Å². The minimum atomic E-state index is -1.47. The van der Waals surface area contributed by atoms with Crippen LogP contribution in [0.3, 0.4) is 0 Å². The largest absolute Gasteiger partial charge is 0.623 e. The van der Waals surface area contributed by atoms with Crippen LogP contribution in [0, 0.1) is 5.21 Å². The number of amides is 2. The molecule has 0 saturated carbocycles. The molecule has 0 aliphatic heterocycles. The smallest absolute Gasteiger partial charge is 0.328 e. The zero-order valence-electron chi connectivity index (χ0n) is 26.9. The Morgan fingerprint density at radius 3 is 1.38 bits per heavy atom. The first kappa shape index (κ1) is 35.1. The molecule has 0 unspecified atom stereocenters. The van der Waals surface area contributed by atoms with Crippen LogP contribution < -0.4 is 10.6 Å². The van der Waals surface area contributed by atoms with E-state index in [1.165, 1.54) is 14.2 Å². The molecule has 0 spiro atoms. The topological polar surface area (TPSA) is 137 Å². The molecule has 0 fully saturated rings. The summed E-state index contributed by atoms with van der Waals surface area (Å²) < 4.78 is 10.3. The highest BCUT2D eigenvalue weighted by Crippen LogP contribution is 2.12. The molecule has 0 aromatic heterocycles. The maximum Gasteiger partial charge on any atom is 0.328 e. The molecule has 0 aliphatic carbocycles. The van der Waals surface area contributed by atoms with Gasteiger partial charge in [-0.25, -0.2) is 9.59 Å². The summed E-state index contributed by atoms with van der Waals surface area (Å²) in [5.74, 6) is -2.98. The fourth-order valence-corrected chi connectivity index (χ4v) is 5.24. The van der Waals surface area contributed by atoms with Crippen molar-refractivity contribution < 1.29 is 33.4 Å². The van der Waals surface area contributed by atoms with Crippen molar-refractivity contribution in [2.24, 2.45) is 0 Å². The van der Waals surface area contributed by atoms with Crippen LogP contribution in [0.5, 0.6) is 0 Å². The number of methoxy groups -OCH3 is 2. The second-order valence-electron chi connectivity index (χ2n) is 11.2. The summed E-state index contributed by atoms with van der Waals surface area (Å²) in [6, 6.07) is 32.2. The predicted octanol–water partition coefficient (Wildman–Crippen LogP) is 3.59. The van der Waals surface area contributed by atoms with Crippen molar-refractivity contribution in [2.75, 3.05) is 14.2 Å². The Bertz CT molecular complexity index is 1680. The third-order valence-electron chi connectivity index (χ3n) is 7.76. The summed E-state index contributed by atoms with van der Waals surface area (Å²) in [6.07, 6.45) is 0.0202. The summed E-state index contributed by atoms with van der Waals surface area (Å²) in [6.45, 7) is 0. The van der Waals surface area contributed by atoms with Gasteiger partial charge in [-0.15, -0.1) is 0 Å². The number of ether oxygens (including phenoxy) is 2. The Hall–Kier alpha value is -5.77. The number of nitrogens with zero attached hydrogens (tertiary/aromatic N) is 1. The van der Waals surface area contributed by atoms with E-state index in [4.69, 9.17) is 9.47 Å². The molecule has 4 aromatic rings. The molecule has 0 heterocycles. The average molecular weight is 650 g/mol. The van der Waals surface area contributed by atoms with E-state index in [2.05, 4.69) is 10.6 Å². The van der Waals surface area contributed by atoms with E-state index in [0.29, 0.717) is 15.9 Å². The Balaban J connectivity index is 1.74. The zero-order chi connectivity index (χ0) is 34.3. The summed E-state index contributed by atoms with van der Waals surface area (Å²) in [5.41, 5.74) is 2.54. The highest BCUT2D eigenvalue weighted by molar-refractivity contribution is 6.37. The van der Waals surface area contributed by atoms with Crippen molar-refractivity contribution in [1.29, 1.82) is 0 Å². The first-order chi connectivity index (χ1) is 23.3. The number of hydroxylamine groups is 1. The van der Waals surface area contributed by atoms with Crippen LogP contribution in [0.1, 0.15) is 22.3 Å². The Morgan fingerprint density at radius 2 is 0.958 bits per heavy atom. The van der Waals surface area contributed by atoms with E-state index in [-0.39, 0.29) is 31.4 Å². The van der Waals surface area contributed by atoms with Crippen LogP contribution in [0.15, 0.2) is 121 Å². The average Bonchev–Trinajstić information content (AvgIpc) is 3.13. The van der Waals surface area contributed by atoms with Gasteiger partial charge >= 0.3 is 17.8 Å². The van der Waals surface area contributed by atoms with Crippen molar-refractivity contribution in [3.05, 3.63) is 149 Å². The first-order valence-corrected chi connectivity index (χ1v) is 15.5. The van der Waals surface area contributed by atoms with Gasteiger partial charge in [0.15, 0.2) is 0 Å². The van der Waals surface area contributed by atoms with Crippen molar-refractivity contribution in [3.63, 3.8) is 0 Å². The van der Waals surface area contributed by atoms with Gasteiger partial charge in [0.25, 0.3) is 11.6 Å². The second-order valence-corrected chi connectivity index (χ2v) is 11.2. The molecule has 0 saturated heterocycles. The number of nitrogens with one attached hydrogen (secondary N) is 2. The van der Waals surface area contributed by atoms with E-state index in [1.54, 1.807) is 60.7 Å². The fraction of sp³-hybridized carbons (Fsp3) is 0.237. The molecular weight excluding hydrogens is 610 g/mol. The molecule has 4 rings (SSSR count). The molecule has 10 heteroatoms. The molecule has 10 nitrogen and oxygen atoms in total. The number of rotatable bonds is 15. The van der Waals surface area contributed by atoms with Crippen molar-refractivity contribution in [2.45, 2.75) is 43.8 Å². The number of hydrogen-bond acceptors (Lipinski definition) is 7. The summed E-state index contributed by atoms with van der Waals surface area (Å²) >= 11 is 0. The van der Waals surface area contributed by atoms with Crippen LogP contribution >= 0.6 is 0 Å². The van der Waals surface area contributed by atoms with Crippen LogP contribution in [-0.2, 0) is 54.3 Å². The molecule has 0 radical (unpaired) electrons. The molecule has 0 bridgehead atoms. The first-order valence-electron chi connectivity index (χ1n) is 15.5. The number of carbonyl (C=O) groups is 4. The van der Waals surface area contributed by atoms with Crippen molar-refractivity contribution in [3.8, 4) is 0 Å². The van der Waals surface area contributed by atoms with E-state index in [1.807, 2.05) is 60.7 Å². The van der Waals surface area contributed by atoms with Crippen LogP contribution in [0.4, 0.5) is 0 Å². The van der Waals surface area contributed by atoms with Gasteiger partial charge in [-0.2, -0.15) is 4.74 Å². The van der Waals surface area contributed by atoms with E-state index < -0.39 is 41.9 Å². The van der Waals surface area contributed by atoms with Crippen LogP contribution in [0.2, 0.25) is 0 Å². The van der Waals surface area contributed by atoms with Gasteiger partial charge in [0, 0.05) is 19.3 Å². The lowest BCUT2D eigenvalue weighted by atomic mass is 10.0. The summed E-state index contributed by atoms with van der Waals surface area (Å²) in [5, 5.41) is 19.8. The van der Waals surface area contributed by atoms with Crippen LogP contribution in [0.25, 0.3) is 0 Å². The normalized spacial score (nSPS) is 13.2. The zero-order valence-corrected chi connectivity index (χ0v) is 26.9. The summed E-state index contributed by atoms with van der Waals surface area (Å²) in [7, 11) is 2.44. The predicted molar refractivity (Wildman–Crippen MR) is 181 cm³/mol. The standard InChI is InChI=1S/C38H39N3O7/c1-47-37(44)31(23-27-15-7-3-8-16-27)39-35(42)33(25-29-19-11-5-12-20-29)41(46)34(26-30-21-13-6-14-22-30)36(43)40-32(38(45)48-2)24-28-17-9-4-10-18-28/h3-22,31-33H,23-26H2,1-2H3,(H,39,42)(H,40,43)/b41-34-/t31-,32-,33-/m0/s1. The number of carbonyl (C=O) groups excluding carboxylic acids is 4. The molecule has 0 aliphatic rings. The van der Waals surface area contributed by atoms with Crippen molar-refractivity contribution >= 4 is 29.5 Å². The Morgan fingerprint density at radius 1 is 0.583 bits per heavy atom. The number of hydrogen-bond donors (Lipinski definition) is 2. The van der Waals surface area contributed by atoms with Crippen LogP contribution in [-0.4, -0.2) is 66.5 Å². The Labute approximate surface area is 280 Å².